The molecule has 2 aromatic heterocycles. The van der Waals surface area contributed by atoms with E-state index in [1.54, 1.807) is 12.3 Å². The molecule has 26 heavy (non-hydrogen) atoms. The first-order valence-corrected chi connectivity index (χ1v) is 8.74. The number of nitrogens with one attached hydrogen (secondary N) is 2. The fourth-order valence-electron chi connectivity index (χ4n) is 3.36. The van der Waals surface area contributed by atoms with Crippen LogP contribution in [0.15, 0.2) is 48.9 Å². The Labute approximate surface area is 151 Å². The second kappa shape index (κ2) is 6.63. The van der Waals surface area contributed by atoms with Crippen LogP contribution in [0, 0.1) is 6.92 Å². The highest BCUT2D eigenvalue weighted by atomic mass is 16.2. The Hall–Kier alpha value is -3.15. The third kappa shape index (κ3) is 3.06. The number of benzene rings is 1. The minimum absolute atomic E-state index is 0.109. The second-order valence-corrected chi connectivity index (χ2v) is 6.61. The molecule has 6 nitrogen and oxygen atoms in total. The molecule has 1 unspecified atom stereocenters. The maximum atomic E-state index is 12.6. The monoisotopic (exact) mass is 348 g/mol. The van der Waals surface area contributed by atoms with Gasteiger partial charge in [0.25, 0.3) is 5.91 Å². The minimum Gasteiger partial charge on any atom is -0.354 e. The molecule has 1 aliphatic rings. The summed E-state index contributed by atoms with van der Waals surface area (Å²) >= 11 is 0. The molecule has 3 heterocycles. The highest BCUT2D eigenvalue weighted by Crippen LogP contribution is 2.23. The molecule has 0 radical (unpaired) electrons. The number of pyridine rings is 1. The SMILES string of the molecule is Cc1cc(-c2cccc(C(=O)NC3CCCNC3=O)c2)cn2ccnc12. The lowest BCUT2D eigenvalue weighted by Crippen LogP contribution is -2.50. The fourth-order valence-corrected chi connectivity index (χ4v) is 3.36. The van der Waals surface area contributed by atoms with Gasteiger partial charge in [0.05, 0.1) is 0 Å². The van der Waals surface area contributed by atoms with Crippen molar-refractivity contribution in [2.24, 2.45) is 0 Å². The molecule has 1 atom stereocenters. The summed E-state index contributed by atoms with van der Waals surface area (Å²) < 4.78 is 1.98. The average molecular weight is 348 g/mol. The number of hydrogen-bond donors (Lipinski definition) is 2. The Morgan fingerprint density at radius 1 is 1.31 bits per heavy atom. The Balaban J connectivity index is 1.61. The number of rotatable bonds is 3. The van der Waals surface area contributed by atoms with Gasteiger partial charge in [-0.2, -0.15) is 0 Å². The molecule has 3 aromatic rings. The smallest absolute Gasteiger partial charge is 0.251 e. The number of piperidine rings is 1. The van der Waals surface area contributed by atoms with Gasteiger partial charge in [-0.05, 0) is 54.7 Å². The lowest BCUT2D eigenvalue weighted by atomic mass is 10.0. The first-order valence-electron chi connectivity index (χ1n) is 8.74. The van der Waals surface area contributed by atoms with Crippen molar-refractivity contribution in [2.45, 2.75) is 25.8 Å². The lowest BCUT2D eigenvalue weighted by molar-refractivity contribution is -0.124. The van der Waals surface area contributed by atoms with Crippen molar-refractivity contribution >= 4 is 17.5 Å². The number of carbonyl (C=O) groups excluding carboxylic acids is 2. The van der Waals surface area contributed by atoms with Crippen LogP contribution in [0.4, 0.5) is 0 Å². The number of nitrogens with zero attached hydrogens (tertiary/aromatic N) is 2. The van der Waals surface area contributed by atoms with Crippen LogP contribution in [-0.4, -0.2) is 33.8 Å². The van der Waals surface area contributed by atoms with Crippen LogP contribution >= 0.6 is 0 Å². The van der Waals surface area contributed by atoms with E-state index in [-0.39, 0.29) is 11.8 Å². The van der Waals surface area contributed by atoms with Crippen LogP contribution in [0.5, 0.6) is 0 Å². The Morgan fingerprint density at radius 2 is 2.19 bits per heavy atom. The number of imidazole rings is 1. The molecule has 1 fully saturated rings. The summed E-state index contributed by atoms with van der Waals surface area (Å²) in [5, 5.41) is 5.62. The predicted octanol–water partition coefficient (Wildman–Crippen LogP) is 2.32. The molecule has 1 aromatic carbocycles. The molecule has 0 saturated carbocycles. The van der Waals surface area contributed by atoms with E-state index >= 15 is 0 Å². The maximum Gasteiger partial charge on any atom is 0.251 e. The normalized spacial score (nSPS) is 17.1. The van der Waals surface area contributed by atoms with E-state index in [2.05, 4.69) is 21.7 Å². The summed E-state index contributed by atoms with van der Waals surface area (Å²) in [6.07, 6.45) is 7.23. The Morgan fingerprint density at radius 3 is 3.04 bits per heavy atom. The molecule has 2 N–H and O–H groups in total. The molecule has 0 bridgehead atoms. The number of amides is 2. The summed E-state index contributed by atoms with van der Waals surface area (Å²) in [7, 11) is 0. The topological polar surface area (TPSA) is 75.5 Å². The van der Waals surface area contributed by atoms with Crippen molar-refractivity contribution < 1.29 is 9.59 Å². The van der Waals surface area contributed by atoms with E-state index in [1.165, 1.54) is 0 Å². The third-order valence-electron chi connectivity index (χ3n) is 4.72. The molecule has 1 aliphatic heterocycles. The maximum absolute atomic E-state index is 12.6. The number of aromatic nitrogens is 2. The molecule has 1 saturated heterocycles. The number of aryl methyl sites for hydroxylation is 1. The highest BCUT2D eigenvalue weighted by molar-refractivity contribution is 5.98. The quantitative estimate of drug-likeness (QED) is 0.763. The van der Waals surface area contributed by atoms with Gasteiger partial charge in [0, 0.05) is 30.7 Å². The molecule has 4 rings (SSSR count). The summed E-state index contributed by atoms with van der Waals surface area (Å²) in [6.45, 7) is 2.70. The third-order valence-corrected chi connectivity index (χ3v) is 4.72. The van der Waals surface area contributed by atoms with Gasteiger partial charge >= 0.3 is 0 Å². The Bertz CT molecular complexity index is 992. The summed E-state index contributed by atoms with van der Waals surface area (Å²) in [5.41, 5.74) is 4.50. The van der Waals surface area contributed by atoms with Crippen molar-refractivity contribution in [2.75, 3.05) is 6.54 Å². The zero-order valence-electron chi connectivity index (χ0n) is 14.5. The van der Waals surface area contributed by atoms with Crippen molar-refractivity contribution in [1.29, 1.82) is 0 Å². The van der Waals surface area contributed by atoms with Crippen molar-refractivity contribution in [3.63, 3.8) is 0 Å². The standard InChI is InChI=1S/C20H20N4O2/c1-13-10-16(12-24-9-8-21-18(13)24)14-4-2-5-15(11-14)19(25)23-17-6-3-7-22-20(17)26/h2,4-5,8-12,17H,3,6-7H2,1H3,(H,22,26)(H,23,25). The van der Waals surface area contributed by atoms with E-state index in [1.807, 2.05) is 41.9 Å². The van der Waals surface area contributed by atoms with Crippen LogP contribution in [0.25, 0.3) is 16.8 Å². The van der Waals surface area contributed by atoms with E-state index in [0.29, 0.717) is 18.5 Å². The highest BCUT2D eigenvalue weighted by Gasteiger charge is 2.24. The molecule has 132 valence electrons. The summed E-state index contributed by atoms with van der Waals surface area (Å²) in [4.78, 5) is 28.8. The molecular weight excluding hydrogens is 328 g/mol. The van der Waals surface area contributed by atoms with Crippen LogP contribution < -0.4 is 10.6 Å². The van der Waals surface area contributed by atoms with Gasteiger partial charge in [-0.3, -0.25) is 9.59 Å². The predicted molar refractivity (Wildman–Crippen MR) is 98.9 cm³/mol. The Kier molecular flexibility index (Phi) is 4.16. The average Bonchev–Trinajstić information content (AvgIpc) is 3.13. The van der Waals surface area contributed by atoms with E-state index in [4.69, 9.17) is 0 Å². The van der Waals surface area contributed by atoms with Crippen molar-refractivity contribution in [3.05, 3.63) is 60.0 Å². The largest absolute Gasteiger partial charge is 0.354 e. The molecule has 6 heteroatoms. The minimum atomic E-state index is -0.454. The van der Waals surface area contributed by atoms with Crippen LogP contribution in [0.1, 0.15) is 28.8 Å². The zero-order chi connectivity index (χ0) is 18.1. The van der Waals surface area contributed by atoms with Crippen molar-refractivity contribution in [3.8, 4) is 11.1 Å². The summed E-state index contributed by atoms with van der Waals surface area (Å²) in [5.74, 6) is -0.337. The number of fused-ring (bicyclic) bond motifs is 1. The first kappa shape index (κ1) is 16.3. The number of hydrogen-bond acceptors (Lipinski definition) is 3. The van der Waals surface area contributed by atoms with Gasteiger partial charge < -0.3 is 15.0 Å². The summed E-state index contributed by atoms with van der Waals surface area (Å²) in [6, 6.07) is 9.06. The zero-order valence-corrected chi connectivity index (χ0v) is 14.5. The molecular formula is C20H20N4O2. The van der Waals surface area contributed by atoms with Gasteiger partial charge in [0.2, 0.25) is 5.91 Å². The lowest BCUT2D eigenvalue weighted by Gasteiger charge is -2.22. The van der Waals surface area contributed by atoms with Gasteiger partial charge in [-0.15, -0.1) is 0 Å². The fraction of sp³-hybridized carbons (Fsp3) is 0.250. The van der Waals surface area contributed by atoms with Gasteiger partial charge in [0.1, 0.15) is 11.7 Å². The molecule has 0 spiro atoms. The van der Waals surface area contributed by atoms with Gasteiger partial charge in [-0.25, -0.2) is 4.98 Å². The van der Waals surface area contributed by atoms with Crippen molar-refractivity contribution in [1.82, 2.24) is 20.0 Å². The van der Waals surface area contributed by atoms with Crippen LogP contribution in [0.2, 0.25) is 0 Å². The van der Waals surface area contributed by atoms with Crippen LogP contribution in [-0.2, 0) is 4.79 Å². The molecule has 2 amide bonds. The van der Waals surface area contributed by atoms with E-state index in [9.17, 15) is 9.59 Å². The van der Waals surface area contributed by atoms with Crippen LogP contribution in [0.3, 0.4) is 0 Å². The first-order chi connectivity index (χ1) is 12.6. The van der Waals surface area contributed by atoms with Gasteiger partial charge in [0.15, 0.2) is 0 Å². The van der Waals surface area contributed by atoms with E-state index < -0.39 is 6.04 Å². The second-order valence-electron chi connectivity index (χ2n) is 6.61. The van der Waals surface area contributed by atoms with Gasteiger partial charge in [-0.1, -0.05) is 12.1 Å². The van der Waals surface area contributed by atoms with E-state index in [0.717, 1.165) is 28.8 Å². The molecule has 0 aliphatic carbocycles. The number of carbonyl (C=O) groups is 2.